The van der Waals surface area contributed by atoms with E-state index < -0.39 is 6.17 Å². The fourth-order valence-electron chi connectivity index (χ4n) is 5.73. The predicted molar refractivity (Wildman–Crippen MR) is 185 cm³/mol. The Morgan fingerprint density at radius 1 is 0.913 bits per heavy atom. The Balaban J connectivity index is 1.50. The van der Waals surface area contributed by atoms with Crippen LogP contribution in [0.25, 0.3) is 0 Å². The zero-order valence-corrected chi connectivity index (χ0v) is 27.6. The summed E-state index contributed by atoms with van der Waals surface area (Å²) in [6.07, 6.45) is -0.617. The van der Waals surface area contributed by atoms with Gasteiger partial charge in [-0.25, -0.2) is 5.01 Å². The summed E-state index contributed by atoms with van der Waals surface area (Å²) in [5.41, 5.74) is 5.15. The van der Waals surface area contributed by atoms with Gasteiger partial charge >= 0.3 is 0 Å². The van der Waals surface area contributed by atoms with E-state index in [1.54, 1.807) is 0 Å². The number of benzene rings is 4. The van der Waals surface area contributed by atoms with E-state index in [0.29, 0.717) is 41.4 Å². The van der Waals surface area contributed by atoms with E-state index >= 15 is 0 Å². The Bertz CT molecular complexity index is 1740. The maximum atomic E-state index is 13.3. The lowest BCUT2D eigenvalue weighted by molar-refractivity contribution is -0.111. The average molecular weight is 660 g/mol. The molecule has 1 atom stereocenters. The SMILES string of the molecule is CCOc1cccc([C@@H]2N(c3ccc(C)cc3)N=C(C(C)=O)N2c2ccc(N3CCOCC3)c(Cl)c2)c1OCc1ccccc1Cl. The number of anilines is 3. The first-order valence-corrected chi connectivity index (χ1v) is 16.1. The van der Waals surface area contributed by atoms with Gasteiger partial charge in [0.2, 0.25) is 0 Å². The molecule has 1 saturated heterocycles. The maximum Gasteiger partial charge on any atom is 0.198 e. The molecule has 0 saturated carbocycles. The Morgan fingerprint density at radius 2 is 1.65 bits per heavy atom. The molecule has 238 valence electrons. The molecule has 8 nitrogen and oxygen atoms in total. The first-order valence-electron chi connectivity index (χ1n) is 15.3. The van der Waals surface area contributed by atoms with Crippen LogP contribution < -0.4 is 24.3 Å². The van der Waals surface area contributed by atoms with Crippen molar-refractivity contribution in [3.8, 4) is 11.5 Å². The molecule has 2 heterocycles. The minimum atomic E-state index is -0.617. The van der Waals surface area contributed by atoms with Gasteiger partial charge in [-0.1, -0.05) is 71.2 Å². The Labute approximate surface area is 279 Å². The molecule has 0 radical (unpaired) electrons. The highest BCUT2D eigenvalue weighted by Crippen LogP contribution is 2.46. The van der Waals surface area contributed by atoms with Crippen LogP contribution in [-0.4, -0.2) is 44.5 Å². The normalized spacial score (nSPS) is 16.4. The number of rotatable bonds is 10. The molecule has 0 unspecified atom stereocenters. The zero-order valence-electron chi connectivity index (χ0n) is 26.1. The number of amidine groups is 1. The Kier molecular flexibility index (Phi) is 9.68. The topological polar surface area (TPSA) is 66.8 Å². The molecule has 0 N–H and O–H groups in total. The number of aryl methyl sites for hydroxylation is 1. The minimum Gasteiger partial charge on any atom is -0.490 e. The molecule has 4 aromatic carbocycles. The molecule has 0 bridgehead atoms. The van der Waals surface area contributed by atoms with Gasteiger partial charge in [0.25, 0.3) is 0 Å². The predicted octanol–water partition coefficient (Wildman–Crippen LogP) is 8.04. The van der Waals surface area contributed by atoms with Crippen molar-refractivity contribution in [2.45, 2.75) is 33.5 Å². The summed E-state index contributed by atoms with van der Waals surface area (Å²) in [7, 11) is 0. The summed E-state index contributed by atoms with van der Waals surface area (Å²) in [5, 5.41) is 7.97. The minimum absolute atomic E-state index is 0.188. The fourth-order valence-corrected chi connectivity index (χ4v) is 6.22. The van der Waals surface area contributed by atoms with Crippen molar-refractivity contribution in [1.82, 2.24) is 0 Å². The molecule has 10 heteroatoms. The number of halogens is 2. The molecular formula is C36H36Cl2N4O4. The van der Waals surface area contributed by atoms with Crippen LogP contribution in [0.15, 0.2) is 90.0 Å². The Morgan fingerprint density at radius 3 is 2.35 bits per heavy atom. The number of Topliss-reactive ketones (excluding diaryl/α,β-unsaturated/α-hetero) is 1. The second kappa shape index (κ2) is 14.0. The fraction of sp³-hybridized carbons (Fsp3) is 0.278. The summed E-state index contributed by atoms with van der Waals surface area (Å²) in [6, 6.07) is 27.3. The average Bonchev–Trinajstić information content (AvgIpc) is 3.46. The monoisotopic (exact) mass is 658 g/mol. The van der Waals surface area contributed by atoms with Gasteiger partial charge in [-0.15, -0.1) is 5.10 Å². The highest BCUT2D eigenvalue weighted by Gasteiger charge is 2.41. The number of hydrogen-bond donors (Lipinski definition) is 0. The van der Waals surface area contributed by atoms with E-state index in [1.807, 2.05) is 109 Å². The number of carbonyl (C=O) groups is 1. The van der Waals surface area contributed by atoms with E-state index in [4.69, 9.17) is 42.5 Å². The molecule has 1 fully saturated rings. The van der Waals surface area contributed by atoms with Gasteiger partial charge in [-0.3, -0.25) is 9.69 Å². The molecule has 2 aliphatic heterocycles. The van der Waals surface area contributed by atoms with Crippen LogP contribution in [0.4, 0.5) is 17.1 Å². The van der Waals surface area contributed by atoms with Gasteiger partial charge in [0.05, 0.1) is 36.2 Å². The van der Waals surface area contributed by atoms with E-state index in [2.05, 4.69) is 4.90 Å². The summed E-state index contributed by atoms with van der Waals surface area (Å²) in [6.45, 7) is 8.94. The van der Waals surface area contributed by atoms with Crippen LogP contribution in [0.3, 0.4) is 0 Å². The molecule has 0 aromatic heterocycles. The highest BCUT2D eigenvalue weighted by molar-refractivity contribution is 6.44. The zero-order chi connectivity index (χ0) is 32.2. The second-order valence-corrected chi connectivity index (χ2v) is 11.9. The number of hydrazone groups is 1. The third-order valence-corrected chi connectivity index (χ3v) is 8.67. The number of hydrogen-bond acceptors (Lipinski definition) is 8. The number of carbonyl (C=O) groups excluding carboxylic acids is 1. The van der Waals surface area contributed by atoms with Crippen LogP contribution in [0, 0.1) is 6.92 Å². The van der Waals surface area contributed by atoms with E-state index in [9.17, 15) is 4.79 Å². The van der Waals surface area contributed by atoms with Crippen LogP contribution >= 0.6 is 23.2 Å². The third-order valence-electron chi connectivity index (χ3n) is 8.00. The van der Waals surface area contributed by atoms with Crippen LogP contribution in [0.5, 0.6) is 11.5 Å². The van der Waals surface area contributed by atoms with E-state index in [0.717, 1.165) is 46.8 Å². The van der Waals surface area contributed by atoms with Crippen molar-refractivity contribution in [3.05, 3.63) is 112 Å². The number of nitrogens with zero attached hydrogens (tertiary/aromatic N) is 4. The summed E-state index contributed by atoms with van der Waals surface area (Å²) >= 11 is 13.5. The van der Waals surface area contributed by atoms with E-state index in [-0.39, 0.29) is 18.2 Å². The van der Waals surface area contributed by atoms with Crippen LogP contribution in [-0.2, 0) is 16.1 Å². The first-order chi connectivity index (χ1) is 22.4. The van der Waals surface area contributed by atoms with Crippen LogP contribution in [0.1, 0.15) is 36.7 Å². The lowest BCUT2D eigenvalue weighted by Crippen LogP contribution is -2.38. The molecule has 2 aliphatic rings. The summed E-state index contributed by atoms with van der Waals surface area (Å²) in [4.78, 5) is 17.4. The lowest BCUT2D eigenvalue weighted by Gasteiger charge is -2.34. The molecule has 0 aliphatic carbocycles. The molecule has 6 rings (SSSR count). The molecule has 4 aromatic rings. The smallest absolute Gasteiger partial charge is 0.198 e. The standard InChI is InChI=1S/C36H36Cl2N4O4/c1-4-45-33-11-7-9-29(34(33)46-23-26-8-5-6-10-30(26)37)36-41(28-16-17-32(31(38)22-28)40-18-20-44-21-19-40)35(25(3)43)39-42(36)27-14-12-24(2)13-15-27/h5-17,22,36H,4,18-21,23H2,1-3H3/t36-/m0/s1. The first kappa shape index (κ1) is 31.7. The summed E-state index contributed by atoms with van der Waals surface area (Å²) < 4.78 is 18.2. The molecule has 0 amide bonds. The number of ether oxygens (including phenoxy) is 3. The molecular weight excluding hydrogens is 623 g/mol. The van der Waals surface area contributed by atoms with Gasteiger partial charge < -0.3 is 19.1 Å². The number of ketones is 1. The van der Waals surface area contributed by atoms with Gasteiger partial charge in [0, 0.05) is 41.9 Å². The van der Waals surface area contributed by atoms with Crippen molar-refractivity contribution in [3.63, 3.8) is 0 Å². The van der Waals surface area contributed by atoms with Crippen LogP contribution in [0.2, 0.25) is 10.0 Å². The second-order valence-electron chi connectivity index (χ2n) is 11.1. The quantitative estimate of drug-likeness (QED) is 0.171. The highest BCUT2D eigenvalue weighted by atomic mass is 35.5. The lowest BCUT2D eigenvalue weighted by atomic mass is 10.1. The van der Waals surface area contributed by atoms with Crippen molar-refractivity contribution in [2.75, 3.05) is 47.7 Å². The third kappa shape index (κ3) is 6.51. The van der Waals surface area contributed by atoms with Gasteiger partial charge in [-0.05, 0) is 56.3 Å². The summed E-state index contributed by atoms with van der Waals surface area (Å²) in [5.74, 6) is 1.20. The Hall–Kier alpha value is -4.24. The van der Waals surface area contributed by atoms with Gasteiger partial charge in [0.15, 0.2) is 29.3 Å². The van der Waals surface area contributed by atoms with E-state index in [1.165, 1.54) is 6.92 Å². The maximum absolute atomic E-state index is 13.3. The van der Waals surface area contributed by atoms with Gasteiger partial charge in [-0.2, -0.15) is 0 Å². The number of para-hydroxylation sites is 1. The largest absolute Gasteiger partial charge is 0.490 e. The van der Waals surface area contributed by atoms with Crippen molar-refractivity contribution in [1.29, 1.82) is 0 Å². The van der Waals surface area contributed by atoms with Crippen molar-refractivity contribution < 1.29 is 19.0 Å². The van der Waals surface area contributed by atoms with Gasteiger partial charge in [0.1, 0.15) is 6.61 Å². The molecule has 0 spiro atoms. The van der Waals surface area contributed by atoms with Crippen molar-refractivity contribution >= 4 is 51.9 Å². The molecule has 46 heavy (non-hydrogen) atoms. The van der Waals surface area contributed by atoms with Crippen molar-refractivity contribution in [2.24, 2.45) is 5.10 Å². The number of morpholine rings is 1.